The first-order valence-electron chi connectivity index (χ1n) is 23.4. The van der Waals surface area contributed by atoms with Crippen molar-refractivity contribution in [2.75, 3.05) is 0 Å². The fraction of sp³-hybridized carbons (Fsp3) is 0.0323. The molecule has 3 aromatic heterocycles. The smallest absolute Gasteiger partial charge is 0.181 e. The Bertz CT molecular complexity index is 3750. The second-order valence-corrected chi connectivity index (χ2v) is 26.7. The molecule has 0 fully saturated rings. The van der Waals surface area contributed by atoms with E-state index in [1.54, 1.807) is 0 Å². The maximum atomic E-state index is 5.52. The van der Waals surface area contributed by atoms with Gasteiger partial charge in [0.2, 0.25) is 0 Å². The minimum Gasteiger partial charge on any atom is -0.327 e. The normalized spacial score (nSPS) is 14.2. The fourth-order valence-corrected chi connectivity index (χ4v) is 22.9. The van der Waals surface area contributed by atoms with Gasteiger partial charge in [0.25, 0.3) is 0 Å². The SMILES string of the molecule is Cn1c(-c2cccc([Si](c3ccccc3)(c3ccccc3)c3cccc(C4c5cc6sc7ccccc7c6cc5[Si](c5ccccc5)(c5ccccc5)c5cccnc54)c3)c2)nc2ccccc21. The number of thiophene rings is 1. The van der Waals surface area contributed by atoms with Gasteiger partial charge in [-0.25, -0.2) is 4.98 Å². The highest BCUT2D eigenvalue weighted by atomic mass is 32.1. The van der Waals surface area contributed by atoms with Crippen molar-refractivity contribution in [1.29, 1.82) is 0 Å². The monoisotopic (exact) mass is 919 g/mol. The number of benzene rings is 9. The first-order valence-corrected chi connectivity index (χ1v) is 28.2. The molecule has 6 heteroatoms. The predicted molar refractivity (Wildman–Crippen MR) is 291 cm³/mol. The van der Waals surface area contributed by atoms with Crippen molar-refractivity contribution in [3.8, 4) is 11.4 Å². The number of pyridine rings is 1. The van der Waals surface area contributed by atoms with Crippen molar-refractivity contribution >= 4 is 100 Å². The van der Waals surface area contributed by atoms with Crippen LogP contribution in [0.1, 0.15) is 22.7 Å². The summed E-state index contributed by atoms with van der Waals surface area (Å²) < 4.78 is 4.86. The number of nitrogens with zero attached hydrogens (tertiary/aromatic N) is 3. The predicted octanol–water partition coefficient (Wildman–Crippen LogP) is 9.25. The van der Waals surface area contributed by atoms with E-state index in [9.17, 15) is 0 Å². The lowest BCUT2D eigenvalue weighted by molar-refractivity contribution is 0.929. The zero-order chi connectivity index (χ0) is 45.2. The molecule has 0 saturated carbocycles. The van der Waals surface area contributed by atoms with Crippen LogP contribution < -0.4 is 41.5 Å². The second-order valence-electron chi connectivity index (χ2n) is 18.1. The van der Waals surface area contributed by atoms with E-state index in [2.05, 4.69) is 254 Å². The number of rotatable bonds is 8. The molecule has 4 heterocycles. The van der Waals surface area contributed by atoms with Crippen molar-refractivity contribution in [2.24, 2.45) is 7.05 Å². The van der Waals surface area contributed by atoms with Crippen LogP contribution in [0.2, 0.25) is 0 Å². The molecule has 0 amide bonds. The summed E-state index contributed by atoms with van der Waals surface area (Å²) in [4.78, 5) is 10.7. The standard InChI is InChI=1S/C62H45N3SSi2/c1-65-55-35-16-15-34-54(55)64-62(65)44-22-19-32-50(40-44)67(45-23-6-2-7-24-45,46-25-8-3-9-26-46)49-31-18-21-43(39-49)60-53-41-57-52(51-33-14-17-36-56(51)66-57)42-59(53)68(47-27-10-4-11-28-47,48-29-12-5-13-30-48)58-37-20-38-63-61(58)60/h2-42,60H,1H3. The van der Waals surface area contributed by atoms with Gasteiger partial charge in [0, 0.05) is 39.0 Å². The van der Waals surface area contributed by atoms with E-state index in [0.29, 0.717) is 0 Å². The Balaban J connectivity index is 1.11. The van der Waals surface area contributed by atoms with Crippen molar-refractivity contribution in [3.05, 3.63) is 266 Å². The van der Waals surface area contributed by atoms with Gasteiger partial charge >= 0.3 is 0 Å². The molecule has 0 bridgehead atoms. The molecule has 0 saturated heterocycles. The Morgan fingerprint density at radius 2 is 1.09 bits per heavy atom. The molecular weight excluding hydrogens is 875 g/mol. The maximum Gasteiger partial charge on any atom is 0.181 e. The van der Waals surface area contributed by atoms with Gasteiger partial charge in [0.05, 0.1) is 22.6 Å². The van der Waals surface area contributed by atoms with Crippen LogP contribution in [-0.4, -0.2) is 30.7 Å². The van der Waals surface area contributed by atoms with Crippen LogP contribution in [0.5, 0.6) is 0 Å². The summed E-state index contributed by atoms with van der Waals surface area (Å²) in [6, 6.07) is 91.3. The first kappa shape index (κ1) is 40.5. The number of hydrogen-bond donors (Lipinski definition) is 0. The molecule has 0 radical (unpaired) electrons. The third kappa shape index (κ3) is 6.08. The topological polar surface area (TPSA) is 30.7 Å². The molecule has 0 spiro atoms. The van der Waals surface area contributed by atoms with E-state index >= 15 is 0 Å². The lowest BCUT2D eigenvalue weighted by Gasteiger charge is -2.43. The summed E-state index contributed by atoms with van der Waals surface area (Å²) >= 11 is 1.90. The summed E-state index contributed by atoms with van der Waals surface area (Å²) in [6.45, 7) is 0. The molecule has 68 heavy (non-hydrogen) atoms. The molecule has 0 N–H and O–H groups in total. The third-order valence-electron chi connectivity index (χ3n) is 14.6. The summed E-state index contributed by atoms with van der Waals surface area (Å²) in [5.74, 6) is 0.845. The van der Waals surface area contributed by atoms with E-state index in [-0.39, 0.29) is 5.92 Å². The average molecular weight is 920 g/mol. The molecule has 322 valence electrons. The number of aromatic nitrogens is 3. The number of para-hydroxylation sites is 2. The molecule has 9 aromatic carbocycles. The van der Waals surface area contributed by atoms with Crippen molar-refractivity contribution in [3.63, 3.8) is 0 Å². The van der Waals surface area contributed by atoms with Crippen LogP contribution in [0.3, 0.4) is 0 Å². The van der Waals surface area contributed by atoms with Crippen LogP contribution in [0.4, 0.5) is 0 Å². The molecule has 1 aliphatic rings. The summed E-state index contributed by atoms with van der Waals surface area (Å²) in [5.41, 5.74) is 6.98. The van der Waals surface area contributed by atoms with E-state index < -0.39 is 16.1 Å². The minimum atomic E-state index is -3.05. The lowest BCUT2D eigenvalue weighted by Crippen LogP contribution is -2.78. The average Bonchev–Trinajstić information content (AvgIpc) is 3.95. The fourth-order valence-electron chi connectivity index (χ4n) is 11.7. The van der Waals surface area contributed by atoms with Gasteiger partial charge in [0.1, 0.15) is 5.82 Å². The van der Waals surface area contributed by atoms with Gasteiger partial charge in [-0.05, 0) is 83.0 Å². The lowest BCUT2D eigenvalue weighted by atomic mass is 9.87. The molecule has 1 atom stereocenters. The van der Waals surface area contributed by atoms with E-state index in [1.165, 1.54) is 72.8 Å². The molecule has 1 unspecified atom stereocenters. The van der Waals surface area contributed by atoms with Gasteiger partial charge in [-0.3, -0.25) is 4.98 Å². The van der Waals surface area contributed by atoms with Crippen molar-refractivity contribution < 1.29 is 0 Å². The van der Waals surface area contributed by atoms with Crippen LogP contribution in [0, 0.1) is 0 Å². The Morgan fingerprint density at radius 3 is 1.79 bits per heavy atom. The second kappa shape index (κ2) is 16.2. The molecule has 0 aliphatic carbocycles. The summed E-state index contributed by atoms with van der Waals surface area (Å²) in [7, 11) is -3.86. The summed E-state index contributed by atoms with van der Waals surface area (Å²) in [6.07, 6.45) is 2.02. The van der Waals surface area contributed by atoms with Crippen LogP contribution in [0.25, 0.3) is 42.6 Å². The molecular formula is C62H45N3SSi2. The van der Waals surface area contributed by atoms with Crippen LogP contribution in [-0.2, 0) is 7.05 Å². The number of hydrogen-bond acceptors (Lipinski definition) is 3. The molecule has 3 nitrogen and oxygen atoms in total. The Kier molecular flexibility index (Phi) is 9.68. The van der Waals surface area contributed by atoms with Crippen molar-refractivity contribution in [1.82, 2.24) is 14.5 Å². The Morgan fingerprint density at radius 1 is 0.485 bits per heavy atom. The number of fused-ring (bicyclic) bond motifs is 6. The maximum absolute atomic E-state index is 5.52. The highest BCUT2D eigenvalue weighted by molar-refractivity contribution is 7.26. The first-order chi connectivity index (χ1) is 33.6. The van der Waals surface area contributed by atoms with Gasteiger partial charge in [-0.2, -0.15) is 0 Å². The molecule has 12 aromatic rings. The highest BCUT2D eigenvalue weighted by Gasteiger charge is 2.50. The minimum absolute atomic E-state index is 0.117. The van der Waals surface area contributed by atoms with Gasteiger partial charge in [-0.15, -0.1) is 11.3 Å². The van der Waals surface area contributed by atoms with E-state index in [0.717, 1.165) is 28.1 Å². The number of aryl methyl sites for hydroxylation is 1. The van der Waals surface area contributed by atoms with Crippen molar-refractivity contribution in [2.45, 2.75) is 5.92 Å². The van der Waals surface area contributed by atoms with Crippen LogP contribution in [0.15, 0.2) is 249 Å². The highest BCUT2D eigenvalue weighted by Crippen LogP contribution is 2.41. The molecule has 1 aliphatic heterocycles. The Labute approximate surface area is 402 Å². The summed E-state index contributed by atoms with van der Waals surface area (Å²) in [5, 5.41) is 13.5. The number of imidazole rings is 1. The zero-order valence-electron chi connectivity index (χ0n) is 37.5. The quantitative estimate of drug-likeness (QED) is 0.113. The van der Waals surface area contributed by atoms with Crippen LogP contribution >= 0.6 is 11.3 Å². The molecule has 13 rings (SSSR count). The van der Waals surface area contributed by atoms with Gasteiger partial charge < -0.3 is 4.57 Å². The largest absolute Gasteiger partial charge is 0.327 e. The van der Waals surface area contributed by atoms with Gasteiger partial charge in [0.15, 0.2) is 16.1 Å². The Hall–Kier alpha value is -7.75. The van der Waals surface area contributed by atoms with Gasteiger partial charge in [-0.1, -0.05) is 212 Å². The zero-order valence-corrected chi connectivity index (χ0v) is 40.3. The van der Waals surface area contributed by atoms with E-state index in [4.69, 9.17) is 9.97 Å². The van der Waals surface area contributed by atoms with E-state index in [1.807, 2.05) is 17.5 Å². The third-order valence-corrected chi connectivity index (χ3v) is 25.4.